The van der Waals surface area contributed by atoms with E-state index >= 15 is 0 Å². The third-order valence-electron chi connectivity index (χ3n) is 4.18. The van der Waals surface area contributed by atoms with Crippen LogP contribution in [0.2, 0.25) is 0 Å². The molecule has 0 radical (unpaired) electrons. The summed E-state index contributed by atoms with van der Waals surface area (Å²) >= 11 is 0. The van der Waals surface area contributed by atoms with Crippen LogP contribution < -0.4 is 4.74 Å². The first-order chi connectivity index (χ1) is 13.3. The van der Waals surface area contributed by atoms with E-state index in [1.54, 1.807) is 6.07 Å². The van der Waals surface area contributed by atoms with Gasteiger partial charge in [-0.2, -0.15) is 18.4 Å². The first kappa shape index (κ1) is 20.9. The van der Waals surface area contributed by atoms with Crippen LogP contribution in [0.3, 0.4) is 0 Å². The molecule has 29 heavy (non-hydrogen) atoms. The summed E-state index contributed by atoms with van der Waals surface area (Å²) in [6.45, 7) is 0. The number of sulfone groups is 1. The monoisotopic (exact) mass is 437 g/mol. The predicted octanol–water partition coefficient (Wildman–Crippen LogP) is 4.01. The van der Waals surface area contributed by atoms with Gasteiger partial charge < -0.3 is 9.84 Å². The Morgan fingerprint density at radius 2 is 1.86 bits per heavy atom. The van der Waals surface area contributed by atoms with Crippen molar-refractivity contribution in [3.63, 3.8) is 0 Å². The van der Waals surface area contributed by atoms with Crippen molar-refractivity contribution in [2.24, 2.45) is 0 Å². The molecule has 0 aromatic heterocycles. The molecule has 0 amide bonds. The molecule has 12 heteroatoms. The zero-order chi connectivity index (χ0) is 21.8. The van der Waals surface area contributed by atoms with Gasteiger partial charge in [0.25, 0.3) is 15.8 Å². The zero-order valence-electron chi connectivity index (χ0n) is 14.0. The fourth-order valence-electron chi connectivity index (χ4n) is 2.92. The number of aliphatic hydroxyl groups excluding tert-OH is 1. The number of nitrogens with zero attached hydrogens (tertiary/aromatic N) is 1. The summed E-state index contributed by atoms with van der Waals surface area (Å²) < 4.78 is 109. The van der Waals surface area contributed by atoms with Gasteiger partial charge in [0.15, 0.2) is 0 Å². The van der Waals surface area contributed by atoms with E-state index in [2.05, 4.69) is 0 Å². The highest BCUT2D eigenvalue weighted by Crippen LogP contribution is 2.51. The molecule has 2 aromatic carbocycles. The van der Waals surface area contributed by atoms with Gasteiger partial charge in [-0.25, -0.2) is 21.6 Å². The van der Waals surface area contributed by atoms with Gasteiger partial charge in [0.05, 0.1) is 16.5 Å². The van der Waals surface area contributed by atoms with Crippen LogP contribution in [0.25, 0.3) is 0 Å². The van der Waals surface area contributed by atoms with E-state index in [-0.39, 0.29) is 11.3 Å². The first-order valence-electron chi connectivity index (χ1n) is 7.69. The van der Waals surface area contributed by atoms with Crippen LogP contribution in [-0.4, -0.2) is 25.0 Å². The van der Waals surface area contributed by atoms with Crippen LogP contribution in [0.4, 0.5) is 26.3 Å². The number of hydrogen-bond donors (Lipinski definition) is 1. The Morgan fingerprint density at radius 1 is 1.21 bits per heavy atom. The summed E-state index contributed by atoms with van der Waals surface area (Å²) in [6, 6.07) is 5.39. The van der Waals surface area contributed by atoms with Crippen molar-refractivity contribution in [2.45, 2.75) is 28.9 Å². The van der Waals surface area contributed by atoms with E-state index in [1.165, 1.54) is 0 Å². The standard InChI is InChI=1S/C17H9F6NO4S/c18-9-3-8(7-24)4-10(5-9)28-12-1-2-13(29(26,27)17(21,22)23)14-11(12)6-16(19,20)15(14)25/h1-5,15,25H,6H2. The van der Waals surface area contributed by atoms with Crippen molar-refractivity contribution in [2.75, 3.05) is 0 Å². The molecular formula is C17H9F6NO4S. The van der Waals surface area contributed by atoms with E-state index in [9.17, 15) is 39.9 Å². The van der Waals surface area contributed by atoms with Crippen LogP contribution in [-0.2, 0) is 16.3 Å². The number of ether oxygens (including phenoxy) is 1. The van der Waals surface area contributed by atoms with E-state index in [1.807, 2.05) is 0 Å². The third-order valence-corrected chi connectivity index (χ3v) is 5.73. The van der Waals surface area contributed by atoms with Gasteiger partial charge in [0.1, 0.15) is 23.4 Å². The molecule has 0 saturated carbocycles. The van der Waals surface area contributed by atoms with Gasteiger partial charge in [-0.05, 0) is 24.3 Å². The molecular weight excluding hydrogens is 428 g/mol. The fourth-order valence-corrected chi connectivity index (χ4v) is 3.94. The van der Waals surface area contributed by atoms with Gasteiger partial charge in [-0.15, -0.1) is 0 Å². The van der Waals surface area contributed by atoms with Gasteiger partial charge >= 0.3 is 5.51 Å². The number of rotatable bonds is 3. The van der Waals surface area contributed by atoms with E-state index < -0.39 is 61.4 Å². The molecule has 0 bridgehead atoms. The van der Waals surface area contributed by atoms with Gasteiger partial charge in [-0.3, -0.25) is 0 Å². The summed E-state index contributed by atoms with van der Waals surface area (Å²) in [7, 11) is -6.04. The normalized spacial score (nSPS) is 18.2. The second-order valence-electron chi connectivity index (χ2n) is 6.13. The lowest BCUT2D eigenvalue weighted by Crippen LogP contribution is -2.26. The van der Waals surface area contributed by atoms with Gasteiger partial charge in [0, 0.05) is 23.6 Å². The molecule has 0 spiro atoms. The van der Waals surface area contributed by atoms with Crippen molar-refractivity contribution < 1.29 is 44.6 Å². The van der Waals surface area contributed by atoms with E-state index in [0.717, 1.165) is 18.2 Å². The Bertz CT molecular complexity index is 1140. The topological polar surface area (TPSA) is 87.4 Å². The number of aliphatic hydroxyl groups is 1. The van der Waals surface area contributed by atoms with Crippen LogP contribution in [0.15, 0.2) is 35.2 Å². The van der Waals surface area contributed by atoms with Crippen molar-refractivity contribution in [3.8, 4) is 17.6 Å². The molecule has 0 fully saturated rings. The Hall–Kier alpha value is -2.78. The second-order valence-corrected chi connectivity index (χ2v) is 8.04. The molecule has 154 valence electrons. The number of benzene rings is 2. The lowest BCUT2D eigenvalue weighted by molar-refractivity contribution is -0.0978. The molecule has 2 aromatic rings. The summed E-state index contributed by atoms with van der Waals surface area (Å²) in [5.41, 5.74) is -7.78. The molecule has 1 aliphatic rings. The molecule has 1 N–H and O–H groups in total. The maximum atomic E-state index is 14.0. The molecule has 3 rings (SSSR count). The third kappa shape index (κ3) is 3.51. The average molecular weight is 437 g/mol. The highest BCUT2D eigenvalue weighted by molar-refractivity contribution is 7.92. The van der Waals surface area contributed by atoms with E-state index in [4.69, 9.17) is 10.00 Å². The zero-order valence-corrected chi connectivity index (χ0v) is 14.8. The smallest absolute Gasteiger partial charge is 0.457 e. The minimum atomic E-state index is -6.04. The average Bonchev–Trinajstić information content (AvgIpc) is 2.84. The molecule has 1 aliphatic carbocycles. The van der Waals surface area contributed by atoms with Crippen LogP contribution in [0.1, 0.15) is 22.8 Å². The van der Waals surface area contributed by atoms with E-state index in [0.29, 0.717) is 12.1 Å². The minimum Gasteiger partial charge on any atom is -0.457 e. The molecule has 0 heterocycles. The summed E-state index contributed by atoms with van der Waals surface area (Å²) in [5.74, 6) is -5.71. The Balaban J connectivity index is 2.19. The summed E-state index contributed by atoms with van der Waals surface area (Å²) in [4.78, 5) is -1.52. The summed E-state index contributed by atoms with van der Waals surface area (Å²) in [5, 5.41) is 18.6. The number of halogens is 6. The Labute approximate surface area is 159 Å². The van der Waals surface area contributed by atoms with Crippen molar-refractivity contribution in [1.82, 2.24) is 0 Å². The Kier molecular flexibility index (Phi) is 4.79. The SMILES string of the molecule is N#Cc1cc(F)cc(Oc2ccc(S(=O)(=O)C(F)(F)F)c3c2CC(F)(F)C3O)c1. The molecule has 1 atom stereocenters. The number of nitriles is 1. The van der Waals surface area contributed by atoms with Crippen molar-refractivity contribution in [3.05, 3.63) is 52.8 Å². The quantitative estimate of drug-likeness (QED) is 0.734. The highest BCUT2D eigenvalue weighted by atomic mass is 32.2. The Morgan fingerprint density at radius 3 is 2.45 bits per heavy atom. The number of fused-ring (bicyclic) bond motifs is 1. The van der Waals surface area contributed by atoms with Crippen molar-refractivity contribution in [1.29, 1.82) is 5.26 Å². The predicted molar refractivity (Wildman–Crippen MR) is 84.5 cm³/mol. The lowest BCUT2D eigenvalue weighted by Gasteiger charge is -2.17. The molecule has 1 unspecified atom stereocenters. The van der Waals surface area contributed by atoms with Gasteiger partial charge in [0.2, 0.25) is 0 Å². The maximum absolute atomic E-state index is 14.0. The second kappa shape index (κ2) is 6.64. The molecule has 0 aliphatic heterocycles. The number of hydrogen-bond acceptors (Lipinski definition) is 5. The highest BCUT2D eigenvalue weighted by Gasteiger charge is 2.55. The maximum Gasteiger partial charge on any atom is 0.501 e. The number of alkyl halides is 5. The van der Waals surface area contributed by atoms with Crippen LogP contribution >= 0.6 is 0 Å². The first-order valence-corrected chi connectivity index (χ1v) is 9.18. The van der Waals surface area contributed by atoms with Crippen molar-refractivity contribution >= 4 is 9.84 Å². The molecule has 5 nitrogen and oxygen atoms in total. The largest absolute Gasteiger partial charge is 0.501 e. The van der Waals surface area contributed by atoms with Gasteiger partial charge in [-0.1, -0.05) is 0 Å². The summed E-state index contributed by atoms with van der Waals surface area (Å²) in [6.07, 6.45) is -4.13. The minimum absolute atomic E-state index is 0.182. The van der Waals surface area contributed by atoms with Crippen LogP contribution in [0, 0.1) is 17.1 Å². The van der Waals surface area contributed by atoms with Crippen LogP contribution in [0.5, 0.6) is 11.5 Å². The fraction of sp³-hybridized carbons (Fsp3) is 0.235. The lowest BCUT2D eigenvalue weighted by atomic mass is 10.1. The molecule has 0 saturated heterocycles.